The summed E-state index contributed by atoms with van der Waals surface area (Å²) in [4.78, 5) is 14.9. The molecule has 1 amide bonds. The number of aromatic nitrogens is 4. The maximum Gasteiger partial charge on any atom is 0.272 e. The maximum absolute atomic E-state index is 14.3. The summed E-state index contributed by atoms with van der Waals surface area (Å²) in [5.41, 5.74) is 3.33. The number of benzene rings is 1. The van der Waals surface area contributed by atoms with Crippen molar-refractivity contribution in [2.45, 2.75) is 19.9 Å². The Kier molecular flexibility index (Phi) is 4.72. The molecule has 28 heavy (non-hydrogen) atoms. The molecule has 0 bridgehead atoms. The monoisotopic (exact) mass is 383 g/mol. The zero-order chi connectivity index (χ0) is 19.8. The summed E-state index contributed by atoms with van der Waals surface area (Å²) in [7, 11) is 1.75. The van der Waals surface area contributed by atoms with Gasteiger partial charge in [-0.05, 0) is 32.0 Å². The second-order valence-corrected chi connectivity index (χ2v) is 6.88. The zero-order valence-electron chi connectivity index (χ0n) is 16.1. The Morgan fingerprint density at radius 1 is 1.25 bits per heavy atom. The number of aryl methyl sites for hydroxylation is 2. The van der Waals surface area contributed by atoms with E-state index in [-0.39, 0.29) is 17.8 Å². The molecular weight excluding hydrogens is 361 g/mol. The van der Waals surface area contributed by atoms with Gasteiger partial charge in [0.2, 0.25) is 0 Å². The number of hydrogen-bond acceptors (Lipinski definition) is 4. The van der Waals surface area contributed by atoms with E-state index in [0.29, 0.717) is 31.1 Å². The van der Waals surface area contributed by atoms with E-state index in [4.69, 9.17) is 4.74 Å². The average Bonchev–Trinajstić information content (AvgIpc) is 3.24. The van der Waals surface area contributed by atoms with E-state index in [1.54, 1.807) is 51.8 Å². The van der Waals surface area contributed by atoms with Crippen molar-refractivity contribution in [3.63, 3.8) is 0 Å². The molecule has 0 spiro atoms. The second-order valence-electron chi connectivity index (χ2n) is 6.88. The van der Waals surface area contributed by atoms with Gasteiger partial charge in [-0.15, -0.1) is 0 Å². The molecule has 4 rings (SSSR count). The molecule has 7 nitrogen and oxygen atoms in total. The molecule has 1 aromatic carbocycles. The highest BCUT2D eigenvalue weighted by atomic mass is 19.1. The van der Waals surface area contributed by atoms with Crippen molar-refractivity contribution in [1.82, 2.24) is 24.5 Å². The lowest BCUT2D eigenvalue weighted by atomic mass is 10.0. The average molecular weight is 383 g/mol. The minimum atomic E-state index is -0.345. The Morgan fingerprint density at radius 2 is 2.04 bits per heavy atom. The molecule has 1 aliphatic heterocycles. The van der Waals surface area contributed by atoms with Gasteiger partial charge in [0.1, 0.15) is 17.2 Å². The molecule has 1 saturated heterocycles. The standard InChI is InChI=1S/C20H22FN5O2/c1-13-19(14(2)26(23-13)16-7-5-4-6-15(16)21)18-12-28-11-10-25(18)20(27)17-8-9-22-24(17)3/h4-9,18H,10-12H2,1-3H3. The van der Waals surface area contributed by atoms with E-state index in [0.717, 1.165) is 17.0 Å². The maximum atomic E-state index is 14.3. The van der Waals surface area contributed by atoms with Gasteiger partial charge in [-0.2, -0.15) is 10.2 Å². The number of halogens is 1. The molecule has 3 heterocycles. The quantitative estimate of drug-likeness (QED) is 0.697. The van der Waals surface area contributed by atoms with Crippen molar-refractivity contribution >= 4 is 5.91 Å². The molecule has 146 valence electrons. The number of carbonyl (C=O) groups is 1. The second kappa shape index (κ2) is 7.20. The van der Waals surface area contributed by atoms with Crippen LogP contribution in [0.5, 0.6) is 0 Å². The van der Waals surface area contributed by atoms with Crippen molar-refractivity contribution in [2.75, 3.05) is 19.8 Å². The number of hydrogen-bond donors (Lipinski definition) is 0. The topological polar surface area (TPSA) is 65.2 Å². The molecule has 2 aromatic heterocycles. The molecule has 0 radical (unpaired) electrons. The molecule has 3 aromatic rings. The number of para-hydroxylation sites is 1. The number of morpholine rings is 1. The molecule has 1 fully saturated rings. The summed E-state index contributed by atoms with van der Waals surface area (Å²) in [6.07, 6.45) is 1.61. The lowest BCUT2D eigenvalue weighted by molar-refractivity contribution is -0.00360. The Morgan fingerprint density at radius 3 is 2.75 bits per heavy atom. The Bertz CT molecular complexity index is 1030. The number of nitrogens with zero attached hydrogens (tertiary/aromatic N) is 5. The summed E-state index contributed by atoms with van der Waals surface area (Å²) >= 11 is 0. The largest absolute Gasteiger partial charge is 0.377 e. The molecule has 1 unspecified atom stereocenters. The normalized spacial score (nSPS) is 17.1. The van der Waals surface area contributed by atoms with Gasteiger partial charge in [-0.1, -0.05) is 12.1 Å². The van der Waals surface area contributed by atoms with Crippen LogP contribution in [0.3, 0.4) is 0 Å². The van der Waals surface area contributed by atoms with Crippen LogP contribution in [0, 0.1) is 19.7 Å². The Hall–Kier alpha value is -3.00. The summed E-state index contributed by atoms with van der Waals surface area (Å²) in [6.45, 7) is 5.08. The van der Waals surface area contributed by atoms with Crippen LogP contribution < -0.4 is 0 Å². The lowest BCUT2D eigenvalue weighted by Gasteiger charge is -2.36. The fraction of sp³-hybridized carbons (Fsp3) is 0.350. The summed E-state index contributed by atoms with van der Waals surface area (Å²) in [5.74, 6) is -0.451. The van der Waals surface area contributed by atoms with Gasteiger partial charge in [-0.3, -0.25) is 9.48 Å². The minimum absolute atomic E-state index is 0.106. The van der Waals surface area contributed by atoms with Crippen LogP contribution in [0.4, 0.5) is 4.39 Å². The van der Waals surface area contributed by atoms with Gasteiger partial charge in [0.25, 0.3) is 5.91 Å². The van der Waals surface area contributed by atoms with Crippen molar-refractivity contribution in [2.24, 2.45) is 7.05 Å². The van der Waals surface area contributed by atoms with Crippen molar-refractivity contribution in [3.8, 4) is 5.69 Å². The van der Waals surface area contributed by atoms with Crippen LogP contribution in [0.15, 0.2) is 36.5 Å². The van der Waals surface area contributed by atoms with Gasteiger partial charge in [0, 0.05) is 31.0 Å². The summed E-state index contributed by atoms with van der Waals surface area (Å²) in [5, 5.41) is 8.65. The molecule has 0 aliphatic carbocycles. The zero-order valence-corrected chi connectivity index (χ0v) is 16.1. The van der Waals surface area contributed by atoms with Crippen molar-refractivity contribution in [3.05, 3.63) is 65.0 Å². The van der Waals surface area contributed by atoms with Crippen LogP contribution in [0.25, 0.3) is 5.69 Å². The third-order valence-corrected chi connectivity index (χ3v) is 5.19. The van der Waals surface area contributed by atoms with E-state index < -0.39 is 0 Å². The molecule has 1 aliphatic rings. The predicted molar refractivity (Wildman–Crippen MR) is 101 cm³/mol. The van der Waals surface area contributed by atoms with E-state index >= 15 is 0 Å². The summed E-state index contributed by atoms with van der Waals surface area (Å²) in [6, 6.07) is 7.93. The highest BCUT2D eigenvalue weighted by Gasteiger charge is 2.34. The fourth-order valence-corrected chi connectivity index (χ4v) is 3.81. The van der Waals surface area contributed by atoms with Crippen molar-refractivity contribution in [1.29, 1.82) is 0 Å². The van der Waals surface area contributed by atoms with E-state index in [1.165, 1.54) is 6.07 Å². The number of ether oxygens (including phenoxy) is 1. The van der Waals surface area contributed by atoms with Gasteiger partial charge in [-0.25, -0.2) is 9.07 Å². The summed E-state index contributed by atoms with van der Waals surface area (Å²) < 4.78 is 23.2. The smallest absolute Gasteiger partial charge is 0.272 e. The molecule has 1 atom stereocenters. The van der Waals surface area contributed by atoms with E-state index in [9.17, 15) is 9.18 Å². The molecule has 0 saturated carbocycles. The highest BCUT2D eigenvalue weighted by molar-refractivity contribution is 5.93. The molecular formula is C20H22FN5O2. The van der Waals surface area contributed by atoms with Crippen LogP contribution >= 0.6 is 0 Å². The van der Waals surface area contributed by atoms with Crippen molar-refractivity contribution < 1.29 is 13.9 Å². The third kappa shape index (κ3) is 2.99. The minimum Gasteiger partial charge on any atom is -0.377 e. The van der Waals surface area contributed by atoms with Crippen LogP contribution in [-0.2, 0) is 11.8 Å². The first-order chi connectivity index (χ1) is 13.5. The van der Waals surface area contributed by atoms with Crippen LogP contribution in [0.1, 0.15) is 33.5 Å². The highest BCUT2D eigenvalue weighted by Crippen LogP contribution is 2.32. The first-order valence-electron chi connectivity index (χ1n) is 9.16. The SMILES string of the molecule is Cc1nn(-c2ccccc2F)c(C)c1C1COCCN1C(=O)c1ccnn1C. The van der Waals surface area contributed by atoms with Gasteiger partial charge >= 0.3 is 0 Å². The fourth-order valence-electron chi connectivity index (χ4n) is 3.81. The van der Waals surface area contributed by atoms with Gasteiger partial charge in [0.05, 0.1) is 24.9 Å². The lowest BCUT2D eigenvalue weighted by Crippen LogP contribution is -2.44. The van der Waals surface area contributed by atoms with Crippen LogP contribution in [-0.4, -0.2) is 50.1 Å². The third-order valence-electron chi connectivity index (χ3n) is 5.19. The predicted octanol–water partition coefficient (Wildman–Crippen LogP) is 2.58. The first kappa shape index (κ1) is 18.4. The number of rotatable bonds is 3. The Balaban J connectivity index is 1.76. The molecule has 8 heteroatoms. The number of amides is 1. The molecule has 0 N–H and O–H groups in total. The van der Waals surface area contributed by atoms with E-state index in [2.05, 4.69) is 10.2 Å². The Labute approximate surface area is 162 Å². The van der Waals surface area contributed by atoms with Gasteiger partial charge in [0.15, 0.2) is 0 Å². The first-order valence-corrected chi connectivity index (χ1v) is 9.16. The van der Waals surface area contributed by atoms with Gasteiger partial charge < -0.3 is 9.64 Å². The number of carbonyl (C=O) groups excluding carboxylic acids is 1. The van der Waals surface area contributed by atoms with E-state index in [1.807, 2.05) is 13.8 Å². The van der Waals surface area contributed by atoms with Crippen LogP contribution in [0.2, 0.25) is 0 Å².